The Hall–Kier alpha value is -1.99. The summed E-state index contributed by atoms with van der Waals surface area (Å²) in [5.74, 6) is 0.228. The van der Waals surface area contributed by atoms with Gasteiger partial charge in [-0.3, -0.25) is 0 Å². The van der Waals surface area contributed by atoms with Crippen molar-refractivity contribution < 1.29 is 18.4 Å². The normalized spacial score (nSPS) is 20.5. The van der Waals surface area contributed by atoms with E-state index >= 15 is 0 Å². The highest BCUT2D eigenvalue weighted by Crippen LogP contribution is 2.32. The lowest BCUT2D eigenvalue weighted by molar-refractivity contribution is -0.141. The van der Waals surface area contributed by atoms with E-state index in [4.69, 9.17) is 10.9 Å². The minimum atomic E-state index is -4.52. The molecule has 2 heterocycles. The van der Waals surface area contributed by atoms with Gasteiger partial charge in [0.05, 0.1) is 5.56 Å². The van der Waals surface area contributed by atoms with E-state index in [1.807, 2.05) is 6.92 Å². The predicted molar refractivity (Wildman–Crippen MR) is 67.7 cm³/mol. The number of aromatic nitrogens is 1. The van der Waals surface area contributed by atoms with Crippen LogP contribution in [0.3, 0.4) is 0 Å². The zero-order valence-corrected chi connectivity index (χ0v) is 10.9. The molecule has 1 atom stereocenters. The van der Waals surface area contributed by atoms with Gasteiger partial charge >= 0.3 is 6.18 Å². The van der Waals surface area contributed by atoms with Crippen LogP contribution in [0.4, 0.5) is 19.0 Å². The molecule has 0 radical (unpaired) electrons. The van der Waals surface area contributed by atoms with E-state index in [0.717, 1.165) is 12.5 Å². The van der Waals surface area contributed by atoms with Gasteiger partial charge in [-0.05, 0) is 24.5 Å². The molecule has 1 saturated heterocycles. The molecule has 0 amide bonds. The van der Waals surface area contributed by atoms with Crippen LogP contribution in [0.5, 0.6) is 0 Å². The van der Waals surface area contributed by atoms with Crippen LogP contribution in [0.2, 0.25) is 0 Å². The summed E-state index contributed by atoms with van der Waals surface area (Å²) >= 11 is 0. The molecule has 1 unspecified atom stereocenters. The fourth-order valence-electron chi connectivity index (χ4n) is 2.23. The van der Waals surface area contributed by atoms with Crippen LogP contribution in [-0.2, 0) is 6.18 Å². The van der Waals surface area contributed by atoms with Crippen molar-refractivity contribution in [3.05, 3.63) is 23.4 Å². The number of rotatable bonds is 2. The summed E-state index contributed by atoms with van der Waals surface area (Å²) < 4.78 is 38.3. The van der Waals surface area contributed by atoms with Crippen LogP contribution >= 0.6 is 0 Å². The smallest absolute Gasteiger partial charge is 0.409 e. The minimum Gasteiger partial charge on any atom is -0.409 e. The Morgan fingerprint density at radius 1 is 1.50 bits per heavy atom. The van der Waals surface area contributed by atoms with Crippen molar-refractivity contribution >= 4 is 11.7 Å². The lowest BCUT2D eigenvalue weighted by Crippen LogP contribution is -2.27. The molecule has 0 spiro atoms. The first kappa shape index (κ1) is 14.4. The predicted octanol–water partition coefficient (Wildman–Crippen LogP) is 2.04. The highest BCUT2D eigenvalue weighted by molar-refractivity contribution is 6.01. The van der Waals surface area contributed by atoms with E-state index in [2.05, 4.69) is 10.1 Å². The van der Waals surface area contributed by atoms with Crippen LogP contribution in [-0.4, -0.2) is 29.1 Å². The van der Waals surface area contributed by atoms with Crippen molar-refractivity contribution in [2.75, 3.05) is 18.0 Å². The Morgan fingerprint density at radius 2 is 2.20 bits per heavy atom. The van der Waals surface area contributed by atoms with E-state index in [1.54, 1.807) is 4.90 Å². The molecule has 20 heavy (non-hydrogen) atoms. The first-order valence-electron chi connectivity index (χ1n) is 6.14. The zero-order valence-electron chi connectivity index (χ0n) is 10.9. The minimum absolute atomic E-state index is 0.111. The van der Waals surface area contributed by atoms with Crippen LogP contribution in [0, 0.1) is 5.92 Å². The summed E-state index contributed by atoms with van der Waals surface area (Å²) in [4.78, 5) is 5.39. The molecule has 110 valence electrons. The van der Waals surface area contributed by atoms with E-state index < -0.39 is 11.9 Å². The van der Waals surface area contributed by atoms with Crippen LogP contribution in [0.25, 0.3) is 0 Å². The van der Waals surface area contributed by atoms with Gasteiger partial charge in [-0.25, -0.2) is 4.98 Å². The maximum absolute atomic E-state index is 12.8. The molecule has 0 bridgehead atoms. The summed E-state index contributed by atoms with van der Waals surface area (Å²) in [6, 6.07) is 2.01. The fraction of sp³-hybridized carbons (Fsp3) is 0.500. The summed E-state index contributed by atoms with van der Waals surface area (Å²) in [6.45, 7) is 3.21. The lowest BCUT2D eigenvalue weighted by Gasteiger charge is -2.21. The van der Waals surface area contributed by atoms with Gasteiger partial charge in [0.2, 0.25) is 0 Å². The number of oxime groups is 1. The van der Waals surface area contributed by atoms with Gasteiger partial charge in [0.1, 0.15) is 11.5 Å². The Labute approximate surface area is 113 Å². The molecular formula is C12H15F3N4O. The topological polar surface area (TPSA) is 74.7 Å². The number of halogens is 3. The van der Waals surface area contributed by atoms with Crippen molar-refractivity contribution in [3.8, 4) is 0 Å². The lowest BCUT2D eigenvalue weighted by atomic mass is 10.2. The van der Waals surface area contributed by atoms with Crippen molar-refractivity contribution in [2.45, 2.75) is 19.5 Å². The molecule has 8 heteroatoms. The molecule has 1 aliphatic heterocycles. The van der Waals surface area contributed by atoms with Gasteiger partial charge < -0.3 is 15.8 Å². The molecule has 0 aromatic carbocycles. The Balaban J connectivity index is 2.48. The maximum atomic E-state index is 12.8. The van der Waals surface area contributed by atoms with E-state index in [1.165, 1.54) is 6.07 Å². The number of hydrogen-bond donors (Lipinski definition) is 2. The molecule has 1 fully saturated rings. The molecule has 1 aliphatic rings. The van der Waals surface area contributed by atoms with E-state index in [9.17, 15) is 13.2 Å². The fourth-order valence-corrected chi connectivity index (χ4v) is 2.23. The molecule has 0 saturated carbocycles. The number of nitrogens with zero attached hydrogens (tertiary/aromatic N) is 3. The van der Waals surface area contributed by atoms with Gasteiger partial charge in [0.25, 0.3) is 0 Å². The Kier molecular flexibility index (Phi) is 3.74. The van der Waals surface area contributed by atoms with Gasteiger partial charge in [-0.15, -0.1) is 0 Å². The quantitative estimate of drug-likeness (QED) is 0.378. The molecule has 1 aromatic rings. The van der Waals surface area contributed by atoms with Crippen molar-refractivity contribution in [3.63, 3.8) is 0 Å². The third-order valence-electron chi connectivity index (χ3n) is 3.27. The third kappa shape index (κ3) is 2.78. The van der Waals surface area contributed by atoms with Crippen LogP contribution in [0.15, 0.2) is 17.3 Å². The van der Waals surface area contributed by atoms with Gasteiger partial charge in [-0.1, -0.05) is 12.1 Å². The number of hydrogen-bond acceptors (Lipinski definition) is 4. The Morgan fingerprint density at radius 3 is 2.70 bits per heavy atom. The van der Waals surface area contributed by atoms with Gasteiger partial charge in [0.15, 0.2) is 5.84 Å². The third-order valence-corrected chi connectivity index (χ3v) is 3.27. The highest BCUT2D eigenvalue weighted by Gasteiger charge is 2.34. The Bertz CT molecular complexity index is 530. The van der Waals surface area contributed by atoms with Crippen LogP contribution in [0.1, 0.15) is 24.6 Å². The number of anilines is 1. The van der Waals surface area contributed by atoms with Gasteiger partial charge in [-0.2, -0.15) is 13.2 Å². The average Bonchev–Trinajstić information content (AvgIpc) is 2.82. The summed E-state index contributed by atoms with van der Waals surface area (Å²) in [6.07, 6.45) is -3.66. The molecule has 5 nitrogen and oxygen atoms in total. The van der Waals surface area contributed by atoms with Crippen molar-refractivity contribution in [2.24, 2.45) is 16.8 Å². The summed E-state index contributed by atoms with van der Waals surface area (Å²) in [5.41, 5.74) is 4.73. The van der Waals surface area contributed by atoms with Crippen molar-refractivity contribution in [1.82, 2.24) is 4.98 Å². The second kappa shape index (κ2) is 5.18. The van der Waals surface area contributed by atoms with Crippen LogP contribution < -0.4 is 10.6 Å². The molecule has 2 rings (SSSR count). The number of nitrogens with two attached hydrogens (primary N) is 1. The molecule has 1 aromatic heterocycles. The maximum Gasteiger partial charge on any atom is 0.433 e. The van der Waals surface area contributed by atoms with Crippen molar-refractivity contribution in [1.29, 1.82) is 0 Å². The molecule has 3 N–H and O–H groups in total. The monoisotopic (exact) mass is 288 g/mol. The summed E-state index contributed by atoms with van der Waals surface area (Å²) in [5, 5.41) is 11.6. The number of alkyl halides is 3. The molecular weight excluding hydrogens is 273 g/mol. The summed E-state index contributed by atoms with van der Waals surface area (Å²) in [7, 11) is 0. The van der Waals surface area contributed by atoms with Gasteiger partial charge in [0, 0.05) is 13.1 Å². The largest absolute Gasteiger partial charge is 0.433 e. The SMILES string of the molecule is CC1CCN(c2nc(C(F)(F)F)ccc2C(N)=NO)C1. The second-order valence-electron chi connectivity index (χ2n) is 4.89. The van der Waals surface area contributed by atoms with E-state index in [-0.39, 0.29) is 17.2 Å². The average molecular weight is 288 g/mol. The highest BCUT2D eigenvalue weighted by atomic mass is 19.4. The first-order chi connectivity index (χ1) is 9.32. The standard InChI is InChI=1S/C12H15F3N4O/c1-7-4-5-19(6-7)11-8(10(16)18-20)2-3-9(17-11)12(13,14)15/h2-3,7,20H,4-6H2,1H3,(H2,16,18). The zero-order chi connectivity index (χ0) is 14.9. The molecule has 0 aliphatic carbocycles. The number of pyridine rings is 1. The first-order valence-corrected chi connectivity index (χ1v) is 6.14. The van der Waals surface area contributed by atoms with E-state index in [0.29, 0.717) is 19.0 Å². The number of amidine groups is 1. The second-order valence-corrected chi connectivity index (χ2v) is 4.89.